The van der Waals surface area contributed by atoms with Gasteiger partial charge in [-0.25, -0.2) is 0 Å². The normalized spacial score (nSPS) is 11.8. The van der Waals surface area contributed by atoms with Gasteiger partial charge in [0.1, 0.15) is 11.8 Å². The van der Waals surface area contributed by atoms with Gasteiger partial charge in [0, 0.05) is 18.3 Å². The number of benzene rings is 2. The Kier molecular flexibility index (Phi) is 3.79. The average Bonchev–Trinajstić information content (AvgIpc) is 2.99. The molecule has 0 spiro atoms. The van der Waals surface area contributed by atoms with Crippen molar-refractivity contribution in [1.82, 2.24) is 0 Å². The van der Waals surface area contributed by atoms with E-state index in [-0.39, 0.29) is 13.4 Å². The number of ether oxygens (including phenoxy) is 3. The van der Waals surface area contributed by atoms with E-state index in [4.69, 9.17) is 19.5 Å². The summed E-state index contributed by atoms with van der Waals surface area (Å²) in [4.78, 5) is 0. The Bertz CT molecular complexity index is 679. The van der Waals surface area contributed by atoms with Gasteiger partial charge in [0.15, 0.2) is 18.1 Å². The second kappa shape index (κ2) is 6.06. The zero-order valence-electron chi connectivity index (χ0n) is 11.3. The second-order valence-corrected chi connectivity index (χ2v) is 4.52. The summed E-state index contributed by atoms with van der Waals surface area (Å²) in [6.07, 6.45) is 0. The molecule has 0 bridgehead atoms. The van der Waals surface area contributed by atoms with Crippen LogP contribution in [0.1, 0.15) is 5.56 Å². The Hall–Kier alpha value is -2.87. The molecule has 1 N–H and O–H groups in total. The third-order valence-corrected chi connectivity index (χ3v) is 3.07. The maximum atomic E-state index is 8.52. The molecule has 21 heavy (non-hydrogen) atoms. The van der Waals surface area contributed by atoms with Crippen molar-refractivity contribution in [3.05, 3.63) is 48.0 Å². The average molecular weight is 282 g/mol. The fourth-order valence-electron chi connectivity index (χ4n) is 2.07. The van der Waals surface area contributed by atoms with E-state index in [9.17, 15) is 0 Å². The summed E-state index contributed by atoms with van der Waals surface area (Å²) in [5, 5.41) is 11.8. The number of hydrogen-bond acceptors (Lipinski definition) is 5. The summed E-state index contributed by atoms with van der Waals surface area (Å²) >= 11 is 0. The van der Waals surface area contributed by atoms with Crippen LogP contribution in [0.25, 0.3) is 0 Å². The van der Waals surface area contributed by atoms with Crippen molar-refractivity contribution >= 4 is 5.69 Å². The quantitative estimate of drug-likeness (QED) is 0.913. The zero-order chi connectivity index (χ0) is 14.5. The third-order valence-electron chi connectivity index (χ3n) is 3.07. The molecule has 0 atom stereocenters. The molecule has 2 aromatic rings. The van der Waals surface area contributed by atoms with Crippen LogP contribution in [0.5, 0.6) is 17.2 Å². The molecular formula is C16H14N2O3. The van der Waals surface area contributed by atoms with E-state index in [2.05, 4.69) is 5.32 Å². The van der Waals surface area contributed by atoms with Crippen molar-refractivity contribution in [2.45, 2.75) is 6.54 Å². The van der Waals surface area contributed by atoms with Gasteiger partial charge >= 0.3 is 0 Å². The number of hydrogen-bond donors (Lipinski definition) is 1. The van der Waals surface area contributed by atoms with Gasteiger partial charge in [0.2, 0.25) is 6.79 Å². The van der Waals surface area contributed by atoms with Gasteiger partial charge in [-0.05, 0) is 29.8 Å². The lowest BCUT2D eigenvalue weighted by molar-refractivity contribution is 0.174. The predicted octanol–water partition coefficient (Wildman–Crippen LogP) is 2.93. The van der Waals surface area contributed by atoms with Crippen LogP contribution >= 0.6 is 0 Å². The van der Waals surface area contributed by atoms with Crippen LogP contribution in [0.2, 0.25) is 0 Å². The van der Waals surface area contributed by atoms with Crippen LogP contribution in [0.3, 0.4) is 0 Å². The van der Waals surface area contributed by atoms with Gasteiger partial charge in [-0.15, -0.1) is 0 Å². The highest BCUT2D eigenvalue weighted by Crippen LogP contribution is 2.34. The van der Waals surface area contributed by atoms with Gasteiger partial charge in [0.25, 0.3) is 0 Å². The second-order valence-electron chi connectivity index (χ2n) is 4.52. The van der Waals surface area contributed by atoms with Gasteiger partial charge < -0.3 is 19.5 Å². The Morgan fingerprint density at radius 2 is 2.05 bits per heavy atom. The molecule has 3 rings (SSSR count). The van der Waals surface area contributed by atoms with E-state index >= 15 is 0 Å². The minimum Gasteiger partial charge on any atom is -0.479 e. The molecule has 106 valence electrons. The lowest BCUT2D eigenvalue weighted by Crippen LogP contribution is -2.00. The third kappa shape index (κ3) is 3.18. The molecule has 0 unspecified atom stereocenters. The topological polar surface area (TPSA) is 63.5 Å². The van der Waals surface area contributed by atoms with E-state index in [0.29, 0.717) is 12.3 Å². The van der Waals surface area contributed by atoms with Gasteiger partial charge in [-0.3, -0.25) is 0 Å². The summed E-state index contributed by atoms with van der Waals surface area (Å²) in [5.74, 6) is 2.22. The first-order valence-corrected chi connectivity index (χ1v) is 6.57. The highest BCUT2D eigenvalue weighted by Gasteiger charge is 2.12. The maximum absolute atomic E-state index is 8.52. The molecule has 0 aliphatic carbocycles. The van der Waals surface area contributed by atoms with Gasteiger partial charge in [-0.2, -0.15) is 5.26 Å². The van der Waals surface area contributed by atoms with Crippen LogP contribution in [0.4, 0.5) is 5.69 Å². The molecule has 1 aliphatic heterocycles. The molecule has 0 fully saturated rings. The molecule has 0 saturated heterocycles. The first-order chi connectivity index (χ1) is 10.3. The van der Waals surface area contributed by atoms with Crippen molar-refractivity contribution < 1.29 is 14.2 Å². The standard InChI is InChI=1S/C16H14N2O3/c17-6-7-19-14-3-1-2-12(8-14)10-18-13-4-5-15-16(9-13)21-11-20-15/h1-5,8-9,18H,7,10-11H2. The van der Waals surface area contributed by atoms with E-state index in [0.717, 1.165) is 22.7 Å². The molecule has 5 nitrogen and oxygen atoms in total. The fourth-order valence-corrected chi connectivity index (χ4v) is 2.07. The Labute approximate surface area is 122 Å². The van der Waals surface area contributed by atoms with Crippen LogP contribution in [-0.2, 0) is 6.54 Å². The zero-order valence-corrected chi connectivity index (χ0v) is 11.3. The monoisotopic (exact) mass is 282 g/mol. The maximum Gasteiger partial charge on any atom is 0.231 e. The number of rotatable bonds is 5. The SMILES string of the molecule is N#CCOc1cccc(CNc2ccc3c(c2)OCO3)c1. The molecule has 0 saturated carbocycles. The first kappa shape index (κ1) is 13.1. The number of nitriles is 1. The molecule has 5 heteroatoms. The summed E-state index contributed by atoms with van der Waals surface area (Å²) in [7, 11) is 0. The van der Waals surface area contributed by atoms with Gasteiger partial charge in [-0.1, -0.05) is 12.1 Å². The van der Waals surface area contributed by atoms with Crippen LogP contribution < -0.4 is 19.5 Å². The summed E-state index contributed by atoms with van der Waals surface area (Å²) in [6.45, 7) is 0.986. The lowest BCUT2D eigenvalue weighted by atomic mass is 10.2. The molecule has 1 aliphatic rings. The van der Waals surface area contributed by atoms with E-state index in [1.54, 1.807) is 0 Å². The van der Waals surface area contributed by atoms with Crippen molar-refractivity contribution in [2.24, 2.45) is 0 Å². The van der Waals surface area contributed by atoms with E-state index < -0.39 is 0 Å². The van der Waals surface area contributed by atoms with Crippen molar-refractivity contribution in [3.8, 4) is 23.3 Å². The minimum atomic E-state index is 0.0546. The number of anilines is 1. The smallest absolute Gasteiger partial charge is 0.231 e. The molecule has 0 radical (unpaired) electrons. The number of nitrogens with one attached hydrogen (secondary N) is 1. The van der Waals surface area contributed by atoms with E-state index in [1.165, 1.54) is 0 Å². The number of nitrogens with zero attached hydrogens (tertiary/aromatic N) is 1. The lowest BCUT2D eigenvalue weighted by Gasteiger charge is -2.09. The first-order valence-electron chi connectivity index (χ1n) is 6.57. The minimum absolute atomic E-state index is 0.0546. The summed E-state index contributed by atoms with van der Waals surface area (Å²) < 4.78 is 15.9. The van der Waals surface area contributed by atoms with Crippen LogP contribution in [-0.4, -0.2) is 13.4 Å². The molecule has 0 amide bonds. The Balaban J connectivity index is 1.63. The largest absolute Gasteiger partial charge is 0.479 e. The predicted molar refractivity (Wildman–Crippen MR) is 77.4 cm³/mol. The summed E-state index contributed by atoms with van der Waals surface area (Å²) in [6, 6.07) is 15.4. The number of fused-ring (bicyclic) bond motifs is 1. The van der Waals surface area contributed by atoms with Crippen molar-refractivity contribution in [3.63, 3.8) is 0 Å². The molecular weight excluding hydrogens is 268 g/mol. The highest BCUT2D eigenvalue weighted by atomic mass is 16.7. The Morgan fingerprint density at radius 3 is 2.95 bits per heavy atom. The molecule has 1 heterocycles. The van der Waals surface area contributed by atoms with Crippen LogP contribution in [0.15, 0.2) is 42.5 Å². The molecule has 2 aromatic carbocycles. The van der Waals surface area contributed by atoms with Gasteiger partial charge in [0.05, 0.1) is 0 Å². The van der Waals surface area contributed by atoms with E-state index in [1.807, 2.05) is 48.5 Å². The van der Waals surface area contributed by atoms with Crippen molar-refractivity contribution in [1.29, 1.82) is 5.26 Å². The van der Waals surface area contributed by atoms with Crippen molar-refractivity contribution in [2.75, 3.05) is 18.7 Å². The highest BCUT2D eigenvalue weighted by molar-refractivity contribution is 5.55. The Morgan fingerprint density at radius 1 is 1.14 bits per heavy atom. The summed E-state index contributed by atoms with van der Waals surface area (Å²) in [5.41, 5.74) is 2.03. The van der Waals surface area contributed by atoms with Crippen LogP contribution in [0, 0.1) is 11.3 Å². The molecule has 0 aromatic heterocycles. The fraction of sp³-hybridized carbons (Fsp3) is 0.188.